The Bertz CT molecular complexity index is 481. The van der Waals surface area contributed by atoms with Crippen LogP contribution in [0.25, 0.3) is 0 Å². The fourth-order valence-corrected chi connectivity index (χ4v) is 2.32. The van der Waals surface area contributed by atoms with Crippen LogP contribution in [0.3, 0.4) is 0 Å². The molecule has 2 rings (SSSR count). The van der Waals surface area contributed by atoms with E-state index in [4.69, 9.17) is 0 Å². The van der Waals surface area contributed by atoms with E-state index in [2.05, 4.69) is 0 Å². The molecule has 1 fully saturated rings. The molecular weight excluding hydrogens is 258 g/mol. The highest BCUT2D eigenvalue weighted by molar-refractivity contribution is 5.42. The number of hydrogen-bond acceptors (Lipinski definition) is 1. The normalized spacial score (nSPS) is 26.8. The molecule has 0 amide bonds. The zero-order chi connectivity index (χ0) is 14.4. The van der Waals surface area contributed by atoms with Crippen molar-refractivity contribution < 1.29 is 17.7 Å². The third-order valence-corrected chi connectivity index (χ3v) is 3.98. The molecule has 1 saturated carbocycles. The predicted molar refractivity (Wildman–Crippen MR) is 65.5 cm³/mol. The topological polar surface area (TPSA) is 12.0 Å². The summed E-state index contributed by atoms with van der Waals surface area (Å²) in [4.78, 5) is 0. The minimum Gasteiger partial charge on any atom is -0.166 e. The third kappa shape index (κ3) is 2.61. The van der Waals surface area contributed by atoms with Crippen LogP contribution < -0.4 is 5.54 Å². The largest absolute Gasteiger partial charge is 0.416 e. The zero-order valence-electron chi connectivity index (χ0n) is 11.1. The minimum absolute atomic E-state index is 0.000172. The van der Waals surface area contributed by atoms with Crippen LogP contribution in [0, 0.1) is 0 Å². The van der Waals surface area contributed by atoms with Crippen molar-refractivity contribution in [2.75, 3.05) is 0 Å². The first kappa shape index (κ1) is 14.3. The van der Waals surface area contributed by atoms with Gasteiger partial charge in [-0.1, -0.05) is 26.8 Å². The van der Waals surface area contributed by atoms with E-state index in [1.807, 2.05) is 13.8 Å². The monoisotopic (exact) mass is 275 g/mol. The van der Waals surface area contributed by atoms with Crippen molar-refractivity contribution in [2.45, 2.75) is 50.7 Å². The van der Waals surface area contributed by atoms with Crippen LogP contribution in [-0.4, -0.2) is 6.04 Å². The van der Waals surface area contributed by atoms with Gasteiger partial charge in [-0.25, -0.2) is 0 Å². The number of alkyl halides is 3. The van der Waals surface area contributed by atoms with Gasteiger partial charge in [0.2, 0.25) is 0 Å². The molecule has 19 heavy (non-hydrogen) atoms. The van der Waals surface area contributed by atoms with E-state index < -0.39 is 23.2 Å². The van der Waals surface area contributed by atoms with E-state index in [1.165, 1.54) is 6.07 Å². The highest BCUT2D eigenvalue weighted by Crippen LogP contribution is 2.49. The fourth-order valence-electron chi connectivity index (χ4n) is 2.32. The molecule has 0 radical (unpaired) electrons. The van der Waals surface area contributed by atoms with Gasteiger partial charge in [0.15, 0.2) is 0 Å². The van der Waals surface area contributed by atoms with Crippen molar-refractivity contribution in [1.29, 1.82) is 0 Å². The fraction of sp³-hybridized carbons (Fsp3) is 0.571. The van der Waals surface area contributed by atoms with Gasteiger partial charge in [-0.2, -0.15) is 18.7 Å². The second-order valence-corrected chi connectivity index (χ2v) is 5.78. The van der Waals surface area contributed by atoms with Crippen molar-refractivity contribution in [2.24, 2.45) is 0 Å². The van der Waals surface area contributed by atoms with Gasteiger partial charge in [0.05, 0.1) is 5.56 Å². The summed E-state index contributed by atoms with van der Waals surface area (Å²) in [5.41, 5.74) is 1.65. The molecular formula is C14H17F4N. The zero-order valence-corrected chi connectivity index (χ0v) is 11.1. The average Bonchev–Trinajstić information content (AvgIpc) is 3.00. The first-order chi connectivity index (χ1) is 8.68. The molecule has 1 aliphatic carbocycles. The SMILES string of the molecule is CC(C)c1cc(C(F)(F)F)cc(C2(C)CC2NF)c1. The van der Waals surface area contributed by atoms with Gasteiger partial charge in [-0.15, -0.1) is 4.48 Å². The Morgan fingerprint density at radius 3 is 2.32 bits per heavy atom. The van der Waals surface area contributed by atoms with E-state index in [0.29, 0.717) is 17.5 Å². The van der Waals surface area contributed by atoms with E-state index in [9.17, 15) is 17.7 Å². The molecule has 0 spiro atoms. The van der Waals surface area contributed by atoms with Gasteiger partial charge in [-0.05, 0) is 35.6 Å². The molecule has 0 aromatic heterocycles. The number of nitrogens with one attached hydrogen (secondary N) is 1. The molecule has 1 aliphatic rings. The van der Waals surface area contributed by atoms with Gasteiger partial charge in [0, 0.05) is 11.5 Å². The van der Waals surface area contributed by atoms with E-state index in [0.717, 1.165) is 6.07 Å². The minimum atomic E-state index is -4.37. The van der Waals surface area contributed by atoms with Crippen molar-refractivity contribution in [3.05, 3.63) is 34.9 Å². The lowest BCUT2D eigenvalue weighted by Crippen LogP contribution is -2.18. The number of benzene rings is 1. The van der Waals surface area contributed by atoms with Gasteiger partial charge in [0.25, 0.3) is 0 Å². The molecule has 1 aromatic carbocycles. The Morgan fingerprint density at radius 1 is 1.26 bits per heavy atom. The van der Waals surface area contributed by atoms with Crippen LogP contribution in [0.1, 0.15) is 49.8 Å². The molecule has 1 aromatic rings. The smallest absolute Gasteiger partial charge is 0.166 e. The van der Waals surface area contributed by atoms with Crippen LogP contribution in [0.5, 0.6) is 0 Å². The Balaban J connectivity index is 2.47. The number of halogens is 4. The Labute approximate surface area is 109 Å². The van der Waals surface area contributed by atoms with Gasteiger partial charge in [0.1, 0.15) is 0 Å². The van der Waals surface area contributed by atoms with Crippen molar-refractivity contribution in [1.82, 2.24) is 5.54 Å². The maximum Gasteiger partial charge on any atom is 0.416 e. The third-order valence-electron chi connectivity index (χ3n) is 3.98. The first-order valence-electron chi connectivity index (χ1n) is 6.27. The highest BCUT2D eigenvalue weighted by atomic mass is 19.4. The van der Waals surface area contributed by atoms with Gasteiger partial charge < -0.3 is 0 Å². The van der Waals surface area contributed by atoms with E-state index in [-0.39, 0.29) is 5.92 Å². The Kier molecular flexibility index (Phi) is 3.37. The number of hydrogen-bond donors (Lipinski definition) is 1. The van der Waals surface area contributed by atoms with Crippen LogP contribution in [0.4, 0.5) is 17.7 Å². The summed E-state index contributed by atoms with van der Waals surface area (Å²) in [6, 6.07) is 3.69. The lowest BCUT2D eigenvalue weighted by atomic mass is 9.90. The maximum atomic E-state index is 12.9. The summed E-state index contributed by atoms with van der Waals surface area (Å²) >= 11 is 0. The van der Waals surface area contributed by atoms with Crippen molar-refractivity contribution >= 4 is 0 Å². The average molecular weight is 275 g/mol. The standard InChI is InChI=1S/C14H17F4N/c1-8(2)9-4-10(13(3)7-12(13)19-18)6-11(5-9)14(15,16)17/h4-6,8,12,19H,7H2,1-3H3. The van der Waals surface area contributed by atoms with Crippen LogP contribution in [0.2, 0.25) is 0 Å². The summed E-state index contributed by atoms with van der Waals surface area (Å²) in [6.07, 6.45) is -3.86. The van der Waals surface area contributed by atoms with Crippen LogP contribution in [0.15, 0.2) is 18.2 Å². The van der Waals surface area contributed by atoms with Crippen LogP contribution >= 0.6 is 0 Å². The molecule has 2 atom stereocenters. The lowest BCUT2D eigenvalue weighted by molar-refractivity contribution is -0.137. The lowest BCUT2D eigenvalue weighted by Gasteiger charge is -2.18. The molecule has 0 heterocycles. The summed E-state index contributed by atoms with van der Waals surface area (Å²) in [6.45, 7) is 5.47. The molecule has 0 saturated heterocycles. The quantitative estimate of drug-likeness (QED) is 0.639. The van der Waals surface area contributed by atoms with Crippen LogP contribution in [-0.2, 0) is 11.6 Å². The first-order valence-corrected chi connectivity index (χ1v) is 6.27. The Hall–Kier alpha value is -1.10. The maximum absolute atomic E-state index is 12.9. The second kappa shape index (κ2) is 4.47. The molecule has 0 aliphatic heterocycles. The molecule has 1 nitrogen and oxygen atoms in total. The Morgan fingerprint density at radius 2 is 1.89 bits per heavy atom. The van der Waals surface area contributed by atoms with E-state index in [1.54, 1.807) is 18.5 Å². The number of rotatable bonds is 3. The van der Waals surface area contributed by atoms with Gasteiger partial charge in [-0.3, -0.25) is 0 Å². The second-order valence-electron chi connectivity index (χ2n) is 5.78. The highest BCUT2D eigenvalue weighted by Gasteiger charge is 2.52. The molecule has 1 N–H and O–H groups in total. The summed E-state index contributed by atoms with van der Waals surface area (Å²) < 4.78 is 51.2. The molecule has 5 heteroatoms. The van der Waals surface area contributed by atoms with Gasteiger partial charge >= 0.3 is 6.18 Å². The summed E-state index contributed by atoms with van der Waals surface area (Å²) in [7, 11) is 0. The predicted octanol–water partition coefficient (Wildman–Crippen LogP) is 4.33. The summed E-state index contributed by atoms with van der Waals surface area (Å²) in [5, 5.41) is 0. The van der Waals surface area contributed by atoms with E-state index >= 15 is 0 Å². The molecule has 106 valence electrons. The molecule has 2 unspecified atom stereocenters. The van der Waals surface area contributed by atoms with Crippen molar-refractivity contribution in [3.8, 4) is 0 Å². The summed E-state index contributed by atoms with van der Waals surface area (Å²) in [5.74, 6) is 0.000172. The van der Waals surface area contributed by atoms with Crippen molar-refractivity contribution in [3.63, 3.8) is 0 Å². The molecule has 0 bridgehead atoms.